The van der Waals surface area contributed by atoms with Crippen LogP contribution >= 0.6 is 0 Å². The zero-order valence-corrected chi connectivity index (χ0v) is 10.9. The molecule has 1 aliphatic rings. The van der Waals surface area contributed by atoms with E-state index in [1.54, 1.807) is 6.92 Å². The first kappa shape index (κ1) is 15.2. The van der Waals surface area contributed by atoms with E-state index in [4.69, 9.17) is 4.74 Å². The van der Waals surface area contributed by atoms with Crippen molar-refractivity contribution in [3.63, 3.8) is 0 Å². The molecule has 0 heterocycles. The monoisotopic (exact) mass is 226 g/mol. The highest BCUT2D eigenvalue weighted by atomic mass is 16.5. The van der Waals surface area contributed by atoms with Crippen molar-refractivity contribution < 1.29 is 9.53 Å². The van der Waals surface area contributed by atoms with Crippen molar-refractivity contribution in [2.24, 2.45) is 0 Å². The molecule has 0 aromatic carbocycles. The lowest BCUT2D eigenvalue weighted by Crippen LogP contribution is -2.05. The predicted octanol–water partition coefficient (Wildman–Crippen LogP) is 4.25. The number of ether oxygens (including phenoxy) is 1. The van der Waals surface area contributed by atoms with Gasteiger partial charge in [0.2, 0.25) is 0 Å². The number of carbonyl (C=O) groups excluding carboxylic acids is 1. The molecule has 0 saturated heterocycles. The van der Waals surface area contributed by atoms with Gasteiger partial charge in [0.05, 0.1) is 6.61 Å². The quantitative estimate of drug-likeness (QED) is 0.407. The minimum atomic E-state index is -0.284. The molecule has 1 fully saturated rings. The molecule has 0 unspecified atom stereocenters. The number of rotatable bonds is 4. The minimum Gasteiger partial charge on any atom is -0.462 e. The van der Waals surface area contributed by atoms with Crippen molar-refractivity contribution in [2.45, 2.75) is 65.2 Å². The SMILES string of the molecule is C1CCCCC1.C=C(C)C(=O)OCCCC. The van der Waals surface area contributed by atoms with Gasteiger partial charge in [-0.1, -0.05) is 58.4 Å². The topological polar surface area (TPSA) is 26.3 Å². The molecular weight excluding hydrogens is 200 g/mol. The maximum Gasteiger partial charge on any atom is 0.333 e. The molecule has 0 radical (unpaired) electrons. The number of hydrogen-bond acceptors (Lipinski definition) is 2. The predicted molar refractivity (Wildman–Crippen MR) is 68.4 cm³/mol. The lowest BCUT2D eigenvalue weighted by atomic mass is 10.0. The van der Waals surface area contributed by atoms with Gasteiger partial charge >= 0.3 is 5.97 Å². The van der Waals surface area contributed by atoms with Gasteiger partial charge in [-0.25, -0.2) is 4.79 Å². The van der Waals surface area contributed by atoms with Gasteiger partial charge < -0.3 is 4.74 Å². The molecule has 0 bridgehead atoms. The first-order valence-corrected chi connectivity index (χ1v) is 6.51. The fourth-order valence-electron chi connectivity index (χ4n) is 1.49. The van der Waals surface area contributed by atoms with E-state index in [-0.39, 0.29) is 5.97 Å². The smallest absolute Gasteiger partial charge is 0.333 e. The molecule has 16 heavy (non-hydrogen) atoms. The lowest BCUT2D eigenvalue weighted by molar-refractivity contribution is -0.139. The van der Waals surface area contributed by atoms with Crippen LogP contribution in [-0.2, 0) is 9.53 Å². The summed E-state index contributed by atoms with van der Waals surface area (Å²) < 4.78 is 4.81. The zero-order chi connectivity index (χ0) is 12.2. The minimum absolute atomic E-state index is 0.284. The Labute approximate surface area is 100 Å². The largest absolute Gasteiger partial charge is 0.462 e. The van der Waals surface area contributed by atoms with Crippen LogP contribution in [0.25, 0.3) is 0 Å². The fourth-order valence-corrected chi connectivity index (χ4v) is 1.49. The molecule has 0 aromatic heterocycles. The number of hydrogen-bond donors (Lipinski definition) is 0. The summed E-state index contributed by atoms with van der Waals surface area (Å²) in [5.74, 6) is -0.284. The normalized spacial score (nSPS) is 14.6. The standard InChI is InChI=1S/C8H14O2.C6H12/c1-4-5-6-10-8(9)7(2)3;1-2-4-6-5-3-1/h2,4-6H2,1,3H3;1-6H2. The Morgan fingerprint density at radius 1 is 1.12 bits per heavy atom. The third-order valence-electron chi connectivity index (χ3n) is 2.58. The van der Waals surface area contributed by atoms with Crippen molar-refractivity contribution in [3.8, 4) is 0 Å². The van der Waals surface area contributed by atoms with Crippen molar-refractivity contribution in [3.05, 3.63) is 12.2 Å². The van der Waals surface area contributed by atoms with E-state index in [2.05, 4.69) is 13.5 Å². The molecule has 0 atom stereocenters. The van der Waals surface area contributed by atoms with Crippen LogP contribution in [0.4, 0.5) is 0 Å². The van der Waals surface area contributed by atoms with E-state index in [0.29, 0.717) is 12.2 Å². The summed E-state index contributed by atoms with van der Waals surface area (Å²) in [5.41, 5.74) is 0.469. The molecule has 0 aromatic rings. The molecule has 0 amide bonds. The third-order valence-corrected chi connectivity index (χ3v) is 2.58. The highest BCUT2D eigenvalue weighted by Gasteiger charge is 2.00. The number of esters is 1. The van der Waals surface area contributed by atoms with Gasteiger partial charge in [0.1, 0.15) is 0 Å². The van der Waals surface area contributed by atoms with Crippen LogP contribution in [0.2, 0.25) is 0 Å². The average molecular weight is 226 g/mol. The highest BCUT2D eigenvalue weighted by molar-refractivity contribution is 5.86. The zero-order valence-electron chi connectivity index (χ0n) is 10.9. The van der Waals surface area contributed by atoms with Gasteiger partial charge in [-0.3, -0.25) is 0 Å². The lowest BCUT2D eigenvalue weighted by Gasteiger charge is -2.05. The first-order chi connectivity index (χ1) is 7.68. The Bertz CT molecular complexity index is 181. The Hall–Kier alpha value is -0.790. The van der Waals surface area contributed by atoms with E-state index in [9.17, 15) is 4.79 Å². The van der Waals surface area contributed by atoms with E-state index in [1.165, 1.54) is 38.5 Å². The third kappa shape index (κ3) is 9.75. The summed E-state index contributed by atoms with van der Waals surface area (Å²) in [4.78, 5) is 10.7. The highest BCUT2D eigenvalue weighted by Crippen LogP contribution is 2.15. The Morgan fingerprint density at radius 2 is 1.56 bits per heavy atom. The van der Waals surface area contributed by atoms with Crippen molar-refractivity contribution in [1.82, 2.24) is 0 Å². The van der Waals surface area contributed by atoms with Gasteiger partial charge in [0, 0.05) is 5.57 Å². The van der Waals surface area contributed by atoms with E-state index >= 15 is 0 Å². The van der Waals surface area contributed by atoms with Crippen molar-refractivity contribution in [2.75, 3.05) is 6.61 Å². The summed E-state index contributed by atoms with van der Waals surface area (Å²) in [6.45, 7) is 7.67. The summed E-state index contributed by atoms with van der Waals surface area (Å²) in [7, 11) is 0. The molecule has 2 heteroatoms. The second-order valence-corrected chi connectivity index (χ2v) is 4.39. The number of carbonyl (C=O) groups is 1. The van der Waals surface area contributed by atoms with E-state index < -0.39 is 0 Å². The van der Waals surface area contributed by atoms with Crippen molar-refractivity contribution in [1.29, 1.82) is 0 Å². The van der Waals surface area contributed by atoms with Gasteiger partial charge in [-0.05, 0) is 13.3 Å². The molecule has 1 rings (SSSR count). The molecule has 2 nitrogen and oxygen atoms in total. The van der Waals surface area contributed by atoms with Gasteiger partial charge in [-0.15, -0.1) is 0 Å². The maximum atomic E-state index is 10.7. The summed E-state index contributed by atoms with van der Waals surface area (Å²) >= 11 is 0. The van der Waals surface area contributed by atoms with Crippen LogP contribution in [-0.4, -0.2) is 12.6 Å². The second kappa shape index (κ2) is 10.7. The van der Waals surface area contributed by atoms with Crippen LogP contribution in [0.15, 0.2) is 12.2 Å². The van der Waals surface area contributed by atoms with Crippen molar-refractivity contribution >= 4 is 5.97 Å². The van der Waals surface area contributed by atoms with E-state index in [1.807, 2.05) is 0 Å². The molecular formula is C14H26O2. The Morgan fingerprint density at radius 3 is 1.88 bits per heavy atom. The fraction of sp³-hybridized carbons (Fsp3) is 0.786. The summed E-state index contributed by atoms with van der Waals surface area (Å²) in [6, 6.07) is 0. The van der Waals surface area contributed by atoms with Gasteiger partial charge in [0.15, 0.2) is 0 Å². The molecule has 0 aliphatic heterocycles. The molecule has 94 valence electrons. The molecule has 0 N–H and O–H groups in total. The molecule has 1 aliphatic carbocycles. The van der Waals surface area contributed by atoms with Crippen LogP contribution in [0, 0.1) is 0 Å². The van der Waals surface area contributed by atoms with Crippen LogP contribution in [0.5, 0.6) is 0 Å². The van der Waals surface area contributed by atoms with Gasteiger partial charge in [0.25, 0.3) is 0 Å². The molecule has 0 spiro atoms. The van der Waals surface area contributed by atoms with Crippen LogP contribution in [0.1, 0.15) is 65.2 Å². The molecule has 1 saturated carbocycles. The Kier molecular flexibility index (Phi) is 10.2. The summed E-state index contributed by atoms with van der Waals surface area (Å²) in [5, 5.41) is 0. The Balaban J connectivity index is 0.000000315. The average Bonchev–Trinajstić information content (AvgIpc) is 2.32. The van der Waals surface area contributed by atoms with E-state index in [0.717, 1.165) is 12.8 Å². The van der Waals surface area contributed by atoms with Crippen LogP contribution < -0.4 is 0 Å². The second-order valence-electron chi connectivity index (χ2n) is 4.39. The first-order valence-electron chi connectivity index (χ1n) is 6.51. The van der Waals surface area contributed by atoms with Crippen LogP contribution in [0.3, 0.4) is 0 Å². The summed E-state index contributed by atoms with van der Waals surface area (Å²) in [6.07, 6.45) is 11.0. The maximum absolute atomic E-state index is 10.7. The number of unbranched alkanes of at least 4 members (excludes halogenated alkanes) is 1. The van der Waals surface area contributed by atoms with Gasteiger partial charge in [-0.2, -0.15) is 0 Å².